The van der Waals surface area contributed by atoms with E-state index < -0.39 is 26.6 Å². The number of halogens is 2. The Labute approximate surface area is 110 Å². The van der Waals surface area contributed by atoms with Crippen molar-refractivity contribution in [3.63, 3.8) is 0 Å². The van der Waals surface area contributed by atoms with Crippen LogP contribution in [0.5, 0.6) is 0 Å². The fourth-order valence-corrected chi connectivity index (χ4v) is 4.43. The lowest BCUT2D eigenvalue weighted by Crippen LogP contribution is -2.32. The van der Waals surface area contributed by atoms with Gasteiger partial charge in [-0.3, -0.25) is 0 Å². The molecule has 2 fully saturated rings. The number of fused-ring (bicyclic) bond motifs is 1. The van der Waals surface area contributed by atoms with Crippen LogP contribution in [0.1, 0.15) is 0 Å². The van der Waals surface area contributed by atoms with Crippen LogP contribution < -0.4 is 5.32 Å². The van der Waals surface area contributed by atoms with Gasteiger partial charge in [0.15, 0.2) is 0 Å². The Balaban J connectivity index is 1.91. The monoisotopic (exact) mass is 288 g/mol. The van der Waals surface area contributed by atoms with E-state index in [4.69, 9.17) is 0 Å². The summed E-state index contributed by atoms with van der Waals surface area (Å²) in [6.07, 6.45) is 0. The van der Waals surface area contributed by atoms with Gasteiger partial charge in [-0.05, 0) is 37.1 Å². The fourth-order valence-electron chi connectivity index (χ4n) is 2.83. The molecule has 1 N–H and O–H groups in total. The first-order valence-electron chi connectivity index (χ1n) is 6.14. The highest BCUT2D eigenvalue weighted by molar-refractivity contribution is 7.89. The second kappa shape index (κ2) is 4.50. The molecule has 0 aromatic heterocycles. The number of benzene rings is 1. The molecule has 0 aliphatic carbocycles. The molecule has 19 heavy (non-hydrogen) atoms. The van der Waals surface area contributed by atoms with E-state index in [1.165, 1.54) is 4.31 Å². The zero-order valence-electron chi connectivity index (χ0n) is 10.1. The van der Waals surface area contributed by atoms with Gasteiger partial charge < -0.3 is 5.32 Å². The van der Waals surface area contributed by atoms with Crippen molar-refractivity contribution >= 4 is 10.0 Å². The number of sulfonamides is 1. The molecule has 2 heterocycles. The Hall–Kier alpha value is -1.05. The Kier molecular flexibility index (Phi) is 3.07. The van der Waals surface area contributed by atoms with Gasteiger partial charge in [0.05, 0.1) is 0 Å². The summed E-state index contributed by atoms with van der Waals surface area (Å²) in [6, 6.07) is 2.56. The van der Waals surface area contributed by atoms with Crippen LogP contribution in [0, 0.1) is 23.5 Å². The SMILES string of the molecule is O=S(=O)(c1ccc(F)cc1F)N1C[C@H]2CNC[C@H]2C1. The van der Waals surface area contributed by atoms with Gasteiger partial charge in [0, 0.05) is 19.2 Å². The quantitative estimate of drug-likeness (QED) is 0.876. The minimum atomic E-state index is -3.86. The zero-order chi connectivity index (χ0) is 13.6. The first-order chi connectivity index (χ1) is 8.98. The van der Waals surface area contributed by atoms with Crippen molar-refractivity contribution in [2.24, 2.45) is 11.8 Å². The molecule has 2 saturated heterocycles. The topological polar surface area (TPSA) is 49.4 Å². The van der Waals surface area contributed by atoms with E-state index in [1.54, 1.807) is 0 Å². The minimum Gasteiger partial charge on any atom is -0.316 e. The van der Waals surface area contributed by atoms with Gasteiger partial charge in [0.2, 0.25) is 10.0 Å². The second-order valence-corrected chi connectivity index (χ2v) is 6.98. The van der Waals surface area contributed by atoms with Crippen LogP contribution in [0.3, 0.4) is 0 Å². The lowest BCUT2D eigenvalue weighted by atomic mass is 10.0. The summed E-state index contributed by atoms with van der Waals surface area (Å²) in [5.41, 5.74) is 0. The molecule has 104 valence electrons. The third kappa shape index (κ3) is 2.15. The lowest BCUT2D eigenvalue weighted by molar-refractivity contribution is 0.442. The van der Waals surface area contributed by atoms with E-state index >= 15 is 0 Å². The van der Waals surface area contributed by atoms with Crippen molar-refractivity contribution < 1.29 is 17.2 Å². The first kappa shape index (κ1) is 13.0. The summed E-state index contributed by atoms with van der Waals surface area (Å²) in [7, 11) is -3.86. The van der Waals surface area contributed by atoms with Crippen LogP contribution in [-0.2, 0) is 10.0 Å². The van der Waals surface area contributed by atoms with Gasteiger partial charge in [-0.15, -0.1) is 0 Å². The van der Waals surface area contributed by atoms with Crippen molar-refractivity contribution in [1.82, 2.24) is 9.62 Å². The molecule has 1 aromatic rings. The zero-order valence-corrected chi connectivity index (χ0v) is 11.0. The second-order valence-electron chi connectivity index (χ2n) is 5.08. The highest BCUT2D eigenvalue weighted by Crippen LogP contribution is 2.31. The Morgan fingerprint density at radius 3 is 2.37 bits per heavy atom. The van der Waals surface area contributed by atoms with Crippen molar-refractivity contribution in [2.75, 3.05) is 26.2 Å². The number of rotatable bonds is 2. The van der Waals surface area contributed by atoms with Crippen molar-refractivity contribution in [1.29, 1.82) is 0 Å². The number of nitrogens with zero attached hydrogens (tertiary/aromatic N) is 1. The predicted molar refractivity (Wildman–Crippen MR) is 65.0 cm³/mol. The van der Waals surface area contributed by atoms with Crippen molar-refractivity contribution in [2.45, 2.75) is 4.90 Å². The summed E-state index contributed by atoms with van der Waals surface area (Å²) in [6.45, 7) is 2.39. The molecule has 0 radical (unpaired) electrons. The van der Waals surface area contributed by atoms with E-state index in [2.05, 4.69) is 5.32 Å². The molecular weight excluding hydrogens is 274 g/mol. The normalized spacial score (nSPS) is 27.7. The number of nitrogens with one attached hydrogen (secondary N) is 1. The van der Waals surface area contributed by atoms with Crippen LogP contribution in [0.4, 0.5) is 8.78 Å². The standard InChI is InChI=1S/C12H14F2N2O2S/c13-10-1-2-12(11(14)3-10)19(17,18)16-6-8-4-15-5-9(8)7-16/h1-3,8-9,15H,4-7H2/t8-,9+. The largest absolute Gasteiger partial charge is 0.316 e. The maximum absolute atomic E-state index is 13.6. The highest BCUT2D eigenvalue weighted by Gasteiger charge is 2.42. The van der Waals surface area contributed by atoms with Crippen LogP contribution in [-0.4, -0.2) is 38.9 Å². The van der Waals surface area contributed by atoms with Gasteiger partial charge in [-0.2, -0.15) is 4.31 Å². The molecule has 0 amide bonds. The molecule has 4 nitrogen and oxygen atoms in total. The number of hydrogen-bond acceptors (Lipinski definition) is 3. The van der Waals surface area contributed by atoms with E-state index in [9.17, 15) is 17.2 Å². The smallest absolute Gasteiger partial charge is 0.246 e. The summed E-state index contributed by atoms with van der Waals surface area (Å²) in [5.74, 6) is -1.23. The third-order valence-corrected chi connectivity index (χ3v) is 5.73. The molecule has 0 bridgehead atoms. The van der Waals surface area contributed by atoms with Crippen LogP contribution in [0.2, 0.25) is 0 Å². The molecule has 0 unspecified atom stereocenters. The Morgan fingerprint density at radius 2 is 1.79 bits per heavy atom. The molecule has 3 rings (SSSR count). The van der Waals surface area contributed by atoms with Gasteiger partial charge in [0.1, 0.15) is 16.5 Å². The third-order valence-electron chi connectivity index (χ3n) is 3.87. The molecule has 0 saturated carbocycles. The van der Waals surface area contributed by atoms with Crippen LogP contribution >= 0.6 is 0 Å². The Morgan fingerprint density at radius 1 is 1.16 bits per heavy atom. The van der Waals surface area contributed by atoms with Crippen LogP contribution in [0.15, 0.2) is 23.1 Å². The molecule has 2 atom stereocenters. The lowest BCUT2D eigenvalue weighted by Gasteiger charge is -2.17. The summed E-state index contributed by atoms with van der Waals surface area (Å²) < 4.78 is 52.5. The maximum atomic E-state index is 13.6. The maximum Gasteiger partial charge on any atom is 0.246 e. The molecular formula is C12H14F2N2O2S. The molecule has 7 heteroatoms. The van der Waals surface area contributed by atoms with E-state index in [1.807, 2.05) is 0 Å². The minimum absolute atomic E-state index is 0.290. The molecule has 2 aliphatic heterocycles. The van der Waals surface area contributed by atoms with Crippen molar-refractivity contribution in [3.8, 4) is 0 Å². The summed E-state index contributed by atoms with van der Waals surface area (Å²) in [4.78, 5) is -0.443. The van der Waals surface area contributed by atoms with Gasteiger partial charge in [-0.25, -0.2) is 17.2 Å². The average molecular weight is 288 g/mol. The van der Waals surface area contributed by atoms with Crippen LogP contribution in [0.25, 0.3) is 0 Å². The number of hydrogen-bond donors (Lipinski definition) is 1. The van der Waals surface area contributed by atoms with Crippen molar-refractivity contribution in [3.05, 3.63) is 29.8 Å². The first-order valence-corrected chi connectivity index (χ1v) is 7.58. The van der Waals surface area contributed by atoms with Gasteiger partial charge in [0.25, 0.3) is 0 Å². The predicted octanol–water partition coefficient (Wildman–Crippen LogP) is 0.805. The molecule has 0 spiro atoms. The van der Waals surface area contributed by atoms with Gasteiger partial charge >= 0.3 is 0 Å². The molecule has 1 aromatic carbocycles. The van der Waals surface area contributed by atoms with E-state index in [-0.39, 0.29) is 0 Å². The van der Waals surface area contributed by atoms with E-state index in [0.29, 0.717) is 31.0 Å². The summed E-state index contributed by atoms with van der Waals surface area (Å²) >= 11 is 0. The average Bonchev–Trinajstić information content (AvgIpc) is 2.87. The summed E-state index contributed by atoms with van der Waals surface area (Å²) in [5, 5.41) is 3.21. The highest BCUT2D eigenvalue weighted by atomic mass is 32.2. The van der Waals surface area contributed by atoms with E-state index in [0.717, 1.165) is 25.2 Å². The van der Waals surface area contributed by atoms with Gasteiger partial charge in [-0.1, -0.05) is 0 Å². The fraction of sp³-hybridized carbons (Fsp3) is 0.500. The molecule has 2 aliphatic rings. The Bertz CT molecular complexity index is 594.